The highest BCUT2D eigenvalue weighted by atomic mass is 32.1. The number of carbonyl (C=O) groups is 1. The lowest BCUT2D eigenvalue weighted by atomic mass is 10.2. The van der Waals surface area contributed by atoms with Crippen molar-refractivity contribution < 1.29 is 19.6 Å². The van der Waals surface area contributed by atoms with Crippen LogP contribution in [0.2, 0.25) is 0 Å². The normalized spacial score (nSPS) is 11.1. The van der Waals surface area contributed by atoms with Crippen molar-refractivity contribution in [1.82, 2.24) is 14.6 Å². The third-order valence-electron chi connectivity index (χ3n) is 3.95. The van der Waals surface area contributed by atoms with Gasteiger partial charge in [-0.05, 0) is 24.3 Å². The topological polar surface area (TPSA) is 137 Å². The summed E-state index contributed by atoms with van der Waals surface area (Å²) in [6, 6.07) is 13.5. The Kier molecular flexibility index (Phi) is 6.36. The SMILES string of the molecule is CC(=O)O.COc1ccccc1-c1nc2sc(=Cc3ccccc3[N+](=O)[O-])c(=O)n2n1. The van der Waals surface area contributed by atoms with Gasteiger partial charge >= 0.3 is 0 Å². The number of aromatic nitrogens is 3. The number of carboxylic acids is 1. The van der Waals surface area contributed by atoms with Gasteiger partial charge in [0.15, 0.2) is 5.82 Å². The van der Waals surface area contributed by atoms with Gasteiger partial charge in [-0.3, -0.25) is 19.7 Å². The summed E-state index contributed by atoms with van der Waals surface area (Å²) in [7, 11) is 1.55. The zero-order valence-corrected chi connectivity index (χ0v) is 17.2. The molecule has 0 unspecified atom stereocenters. The Bertz CT molecular complexity index is 1370. The van der Waals surface area contributed by atoms with Crippen LogP contribution in [0.4, 0.5) is 5.69 Å². The van der Waals surface area contributed by atoms with Gasteiger partial charge in [0.05, 0.1) is 27.7 Å². The number of hydrogen-bond acceptors (Lipinski definition) is 8. The van der Waals surface area contributed by atoms with E-state index in [0.29, 0.717) is 32.2 Å². The van der Waals surface area contributed by atoms with Crippen molar-refractivity contribution in [3.05, 3.63) is 79.1 Å². The number of carboxylic acid groups (broad SMARTS) is 1. The van der Waals surface area contributed by atoms with E-state index in [4.69, 9.17) is 14.6 Å². The number of para-hydroxylation sites is 2. The lowest BCUT2D eigenvalue weighted by molar-refractivity contribution is -0.385. The van der Waals surface area contributed by atoms with Crippen LogP contribution in [-0.4, -0.2) is 37.7 Å². The van der Waals surface area contributed by atoms with Gasteiger partial charge in [0.1, 0.15) is 5.75 Å². The summed E-state index contributed by atoms with van der Waals surface area (Å²) >= 11 is 1.13. The van der Waals surface area contributed by atoms with Crippen LogP contribution in [0.5, 0.6) is 5.75 Å². The van der Waals surface area contributed by atoms with Gasteiger partial charge < -0.3 is 9.84 Å². The average Bonchev–Trinajstić information content (AvgIpc) is 3.27. The van der Waals surface area contributed by atoms with Gasteiger partial charge in [0.25, 0.3) is 17.2 Å². The molecule has 0 radical (unpaired) electrons. The Morgan fingerprint density at radius 2 is 1.87 bits per heavy atom. The smallest absolute Gasteiger partial charge is 0.300 e. The summed E-state index contributed by atoms with van der Waals surface area (Å²) in [6.45, 7) is 1.08. The molecule has 4 aromatic rings. The zero-order chi connectivity index (χ0) is 22.5. The third kappa shape index (κ3) is 4.73. The fourth-order valence-electron chi connectivity index (χ4n) is 2.69. The maximum absolute atomic E-state index is 12.7. The number of aliphatic carboxylic acids is 1. The number of ether oxygens (including phenoxy) is 1. The van der Waals surface area contributed by atoms with E-state index < -0.39 is 10.9 Å². The van der Waals surface area contributed by atoms with E-state index in [0.717, 1.165) is 18.3 Å². The Morgan fingerprint density at radius 3 is 2.52 bits per heavy atom. The molecule has 0 atom stereocenters. The van der Waals surface area contributed by atoms with Gasteiger partial charge in [0.2, 0.25) is 4.96 Å². The van der Waals surface area contributed by atoms with Crippen molar-refractivity contribution in [2.45, 2.75) is 6.92 Å². The largest absolute Gasteiger partial charge is 0.496 e. The van der Waals surface area contributed by atoms with E-state index in [1.165, 1.54) is 16.7 Å². The number of rotatable bonds is 4. The van der Waals surface area contributed by atoms with Crippen molar-refractivity contribution in [2.75, 3.05) is 7.11 Å². The quantitative estimate of drug-likeness (QED) is 0.377. The summed E-state index contributed by atoms with van der Waals surface area (Å²) in [5.41, 5.74) is 0.598. The van der Waals surface area contributed by atoms with Crippen molar-refractivity contribution in [1.29, 1.82) is 0 Å². The first-order valence-corrected chi connectivity index (χ1v) is 9.61. The van der Waals surface area contributed by atoms with Crippen LogP contribution >= 0.6 is 11.3 Å². The molecule has 0 aliphatic carbocycles. The van der Waals surface area contributed by atoms with Gasteiger partial charge in [-0.25, -0.2) is 0 Å². The first kappa shape index (κ1) is 21.6. The van der Waals surface area contributed by atoms with Crippen LogP contribution in [0.15, 0.2) is 53.3 Å². The molecule has 1 N–H and O–H groups in total. The lowest BCUT2D eigenvalue weighted by Gasteiger charge is -2.03. The van der Waals surface area contributed by atoms with Gasteiger partial charge in [-0.2, -0.15) is 9.50 Å². The van der Waals surface area contributed by atoms with E-state index in [9.17, 15) is 14.9 Å². The molecule has 0 saturated carbocycles. The van der Waals surface area contributed by atoms with E-state index in [1.54, 1.807) is 31.4 Å². The maximum atomic E-state index is 12.7. The molecule has 0 aliphatic heterocycles. The molecule has 0 amide bonds. The van der Waals surface area contributed by atoms with Crippen molar-refractivity contribution >= 4 is 34.0 Å². The van der Waals surface area contributed by atoms with Crippen molar-refractivity contribution in [3.8, 4) is 17.1 Å². The summed E-state index contributed by atoms with van der Waals surface area (Å²) < 4.78 is 6.83. The van der Waals surface area contributed by atoms with Crippen LogP contribution in [0.1, 0.15) is 12.5 Å². The number of hydrogen-bond donors (Lipinski definition) is 1. The minimum atomic E-state index is -0.833. The summed E-state index contributed by atoms with van der Waals surface area (Å²) in [4.78, 5) is 37.1. The molecule has 11 heteroatoms. The van der Waals surface area contributed by atoms with E-state index in [2.05, 4.69) is 10.1 Å². The average molecular weight is 440 g/mol. The molecule has 0 bridgehead atoms. The van der Waals surface area contributed by atoms with E-state index >= 15 is 0 Å². The van der Waals surface area contributed by atoms with Crippen molar-refractivity contribution in [3.63, 3.8) is 0 Å². The first-order valence-electron chi connectivity index (χ1n) is 8.79. The monoisotopic (exact) mass is 440 g/mol. The number of thiazole rings is 1. The Hall–Kier alpha value is -4.12. The number of fused-ring (bicyclic) bond motifs is 1. The molecule has 0 aliphatic rings. The molecular weight excluding hydrogens is 424 g/mol. The van der Waals surface area contributed by atoms with Crippen LogP contribution < -0.4 is 14.8 Å². The fraction of sp³-hybridized carbons (Fsp3) is 0.100. The molecule has 2 aromatic carbocycles. The second-order valence-corrected chi connectivity index (χ2v) is 7.09. The minimum Gasteiger partial charge on any atom is -0.496 e. The summed E-state index contributed by atoms with van der Waals surface area (Å²) in [5, 5.41) is 22.8. The molecule has 0 saturated heterocycles. The molecule has 158 valence electrons. The second kappa shape index (κ2) is 9.13. The van der Waals surface area contributed by atoms with Crippen LogP contribution in [0, 0.1) is 10.1 Å². The number of nitro benzene ring substituents is 1. The standard InChI is InChI=1S/C18H12N4O4S.C2H4O2/c1-26-14-9-5-3-7-12(14)16-19-18-21(20-16)17(23)15(27-18)10-11-6-2-4-8-13(11)22(24)25;1-2(3)4/h2-10H,1H3;1H3,(H,3,4). The predicted molar refractivity (Wildman–Crippen MR) is 114 cm³/mol. The van der Waals surface area contributed by atoms with Crippen molar-refractivity contribution in [2.24, 2.45) is 0 Å². The maximum Gasteiger partial charge on any atom is 0.300 e. The summed E-state index contributed by atoms with van der Waals surface area (Å²) in [6.07, 6.45) is 1.49. The molecule has 0 spiro atoms. The number of nitrogens with zero attached hydrogens (tertiary/aromatic N) is 4. The van der Waals surface area contributed by atoms with Crippen LogP contribution in [-0.2, 0) is 4.79 Å². The molecule has 4 rings (SSSR count). The van der Waals surface area contributed by atoms with Crippen LogP contribution in [0.3, 0.4) is 0 Å². The highest BCUT2D eigenvalue weighted by Crippen LogP contribution is 2.27. The highest BCUT2D eigenvalue weighted by Gasteiger charge is 2.16. The van der Waals surface area contributed by atoms with E-state index in [1.807, 2.05) is 18.2 Å². The fourth-order valence-corrected chi connectivity index (χ4v) is 3.59. The first-order chi connectivity index (χ1) is 14.8. The number of nitro groups is 1. The predicted octanol–water partition coefficient (Wildman–Crippen LogP) is 2.37. The van der Waals surface area contributed by atoms with E-state index in [-0.39, 0.29) is 11.2 Å². The van der Waals surface area contributed by atoms with Crippen LogP contribution in [0.25, 0.3) is 22.4 Å². The Labute approximate surface area is 178 Å². The van der Waals surface area contributed by atoms with Gasteiger partial charge in [-0.1, -0.05) is 35.6 Å². The van der Waals surface area contributed by atoms with Gasteiger partial charge in [0, 0.05) is 13.0 Å². The number of benzene rings is 2. The molecule has 31 heavy (non-hydrogen) atoms. The highest BCUT2D eigenvalue weighted by molar-refractivity contribution is 7.15. The zero-order valence-electron chi connectivity index (χ0n) is 16.4. The summed E-state index contributed by atoms with van der Waals surface area (Å²) in [5.74, 6) is 0.156. The second-order valence-electron chi connectivity index (χ2n) is 6.08. The molecule has 2 heterocycles. The van der Waals surface area contributed by atoms with Gasteiger partial charge in [-0.15, -0.1) is 5.10 Å². The molecular formula is C20H16N4O6S. The Balaban J connectivity index is 0.000000628. The lowest BCUT2D eigenvalue weighted by Crippen LogP contribution is -2.23. The third-order valence-corrected chi connectivity index (χ3v) is 4.91. The number of methoxy groups -OCH3 is 1. The molecule has 0 fully saturated rings. The molecule has 10 nitrogen and oxygen atoms in total. The molecule has 2 aromatic heterocycles. The minimum absolute atomic E-state index is 0.0642. The Morgan fingerprint density at radius 1 is 1.23 bits per heavy atom.